The van der Waals surface area contributed by atoms with Crippen molar-refractivity contribution in [3.63, 3.8) is 0 Å². The maximum absolute atomic E-state index is 5.75. The summed E-state index contributed by atoms with van der Waals surface area (Å²) in [4.78, 5) is 0. The van der Waals surface area contributed by atoms with Crippen molar-refractivity contribution in [2.24, 2.45) is 5.92 Å². The Balaban J connectivity index is 2.30. The molecule has 0 fully saturated rings. The van der Waals surface area contributed by atoms with E-state index in [0.717, 1.165) is 17.8 Å². The summed E-state index contributed by atoms with van der Waals surface area (Å²) in [5, 5.41) is 0. The van der Waals surface area contributed by atoms with Crippen LogP contribution in [0, 0.1) is 5.92 Å². The molecule has 0 heterocycles. The van der Waals surface area contributed by atoms with Gasteiger partial charge >= 0.3 is 0 Å². The number of hydrogen-bond acceptors (Lipinski definition) is 1. The standard InChI is InChI=1S/C11H16BrOP/c1-10(2)8-9-14(12)13-11-6-4-3-5-7-11/h3-7,10H,8-9H2,1-2H3. The van der Waals surface area contributed by atoms with Crippen LogP contribution in [0.2, 0.25) is 0 Å². The van der Waals surface area contributed by atoms with Crippen molar-refractivity contribution in [3.8, 4) is 5.75 Å². The largest absolute Gasteiger partial charge is 0.463 e. The van der Waals surface area contributed by atoms with E-state index >= 15 is 0 Å². The second-order valence-electron chi connectivity index (χ2n) is 3.63. The summed E-state index contributed by atoms with van der Waals surface area (Å²) in [5.74, 6) is 1.70. The van der Waals surface area contributed by atoms with Crippen molar-refractivity contribution in [3.05, 3.63) is 30.3 Å². The maximum atomic E-state index is 5.75. The van der Waals surface area contributed by atoms with Crippen LogP contribution in [-0.4, -0.2) is 6.16 Å². The van der Waals surface area contributed by atoms with Gasteiger partial charge in [-0.05, 0) is 40.0 Å². The molecule has 0 N–H and O–H groups in total. The monoisotopic (exact) mass is 274 g/mol. The summed E-state index contributed by atoms with van der Waals surface area (Å²) >= 11 is 3.59. The van der Waals surface area contributed by atoms with E-state index in [0.29, 0.717) is 0 Å². The highest BCUT2D eigenvalue weighted by Crippen LogP contribution is 2.46. The molecule has 0 radical (unpaired) electrons. The predicted octanol–water partition coefficient (Wildman–Crippen LogP) is 4.82. The second-order valence-corrected chi connectivity index (χ2v) is 7.27. The average molecular weight is 275 g/mol. The lowest BCUT2D eigenvalue weighted by molar-refractivity contribution is 0.595. The number of hydrogen-bond donors (Lipinski definition) is 0. The average Bonchev–Trinajstić information content (AvgIpc) is 2.16. The first-order valence-electron chi connectivity index (χ1n) is 4.85. The van der Waals surface area contributed by atoms with Crippen molar-refractivity contribution in [2.45, 2.75) is 20.3 Å². The van der Waals surface area contributed by atoms with Crippen LogP contribution in [0.3, 0.4) is 0 Å². The van der Waals surface area contributed by atoms with Crippen LogP contribution >= 0.6 is 22.3 Å². The van der Waals surface area contributed by atoms with E-state index in [9.17, 15) is 0 Å². The van der Waals surface area contributed by atoms with E-state index < -0.39 is 6.85 Å². The summed E-state index contributed by atoms with van der Waals surface area (Å²) in [6.45, 7) is 3.99. The van der Waals surface area contributed by atoms with Crippen LogP contribution in [0.15, 0.2) is 30.3 Å². The Morgan fingerprint density at radius 2 is 1.93 bits per heavy atom. The van der Waals surface area contributed by atoms with Gasteiger partial charge in [0, 0.05) is 6.16 Å². The van der Waals surface area contributed by atoms with Gasteiger partial charge in [0.1, 0.15) is 5.75 Å². The van der Waals surface area contributed by atoms with Gasteiger partial charge in [-0.2, -0.15) is 0 Å². The molecule has 1 rings (SSSR count). The summed E-state index contributed by atoms with van der Waals surface area (Å²) < 4.78 is 5.75. The third kappa shape index (κ3) is 4.97. The highest BCUT2D eigenvalue weighted by molar-refractivity contribution is 9.38. The van der Waals surface area contributed by atoms with Crippen molar-refractivity contribution >= 4 is 22.3 Å². The normalized spacial score (nSPS) is 12.9. The van der Waals surface area contributed by atoms with E-state index in [1.54, 1.807) is 0 Å². The lowest BCUT2D eigenvalue weighted by atomic mass is 10.2. The lowest BCUT2D eigenvalue weighted by Crippen LogP contribution is -1.93. The van der Waals surface area contributed by atoms with Crippen molar-refractivity contribution < 1.29 is 4.52 Å². The van der Waals surface area contributed by atoms with Crippen LogP contribution in [0.5, 0.6) is 5.75 Å². The summed E-state index contributed by atoms with van der Waals surface area (Å²) in [6.07, 6.45) is 2.33. The summed E-state index contributed by atoms with van der Waals surface area (Å²) in [7, 11) is 0. The van der Waals surface area contributed by atoms with Crippen LogP contribution in [-0.2, 0) is 0 Å². The number of para-hydroxylation sites is 1. The third-order valence-electron chi connectivity index (χ3n) is 1.83. The van der Waals surface area contributed by atoms with Crippen molar-refractivity contribution in [2.75, 3.05) is 6.16 Å². The Labute approximate surface area is 95.4 Å². The smallest absolute Gasteiger partial charge is 0.157 e. The molecule has 0 spiro atoms. The fourth-order valence-electron chi connectivity index (χ4n) is 1.00. The summed E-state index contributed by atoms with van der Waals surface area (Å²) in [6, 6.07) is 9.97. The van der Waals surface area contributed by atoms with Crippen LogP contribution in [0.25, 0.3) is 0 Å². The molecule has 1 atom stereocenters. The van der Waals surface area contributed by atoms with E-state index in [-0.39, 0.29) is 0 Å². The fraction of sp³-hybridized carbons (Fsp3) is 0.455. The van der Waals surface area contributed by atoms with Crippen LogP contribution < -0.4 is 4.52 Å². The van der Waals surface area contributed by atoms with Crippen molar-refractivity contribution in [1.29, 1.82) is 0 Å². The van der Waals surface area contributed by atoms with Crippen molar-refractivity contribution in [1.82, 2.24) is 0 Å². The first-order chi connectivity index (χ1) is 6.68. The van der Waals surface area contributed by atoms with E-state index in [1.165, 1.54) is 6.42 Å². The van der Waals surface area contributed by atoms with Gasteiger partial charge < -0.3 is 4.52 Å². The third-order valence-corrected chi connectivity index (χ3v) is 4.35. The molecule has 14 heavy (non-hydrogen) atoms. The van der Waals surface area contributed by atoms with E-state index in [2.05, 4.69) is 29.3 Å². The highest BCUT2D eigenvalue weighted by atomic mass is 79.9. The predicted molar refractivity (Wildman–Crippen MR) is 67.2 cm³/mol. The van der Waals surface area contributed by atoms with Crippen LogP contribution in [0.1, 0.15) is 20.3 Å². The second kappa shape index (κ2) is 6.42. The minimum absolute atomic E-state index is 0.477. The molecule has 1 unspecified atom stereocenters. The molecule has 0 aliphatic heterocycles. The maximum Gasteiger partial charge on any atom is 0.157 e. The van der Waals surface area contributed by atoms with Gasteiger partial charge in [-0.15, -0.1) is 0 Å². The van der Waals surface area contributed by atoms with Gasteiger partial charge in [-0.1, -0.05) is 32.0 Å². The Bertz CT molecular complexity index is 251. The molecule has 0 aliphatic rings. The Morgan fingerprint density at radius 3 is 2.50 bits per heavy atom. The van der Waals surface area contributed by atoms with E-state index in [1.807, 2.05) is 30.3 Å². The molecule has 0 aliphatic carbocycles. The zero-order chi connectivity index (χ0) is 10.4. The summed E-state index contributed by atoms with van der Waals surface area (Å²) in [5.41, 5.74) is 0. The molecule has 0 amide bonds. The van der Waals surface area contributed by atoms with Gasteiger partial charge in [0.25, 0.3) is 0 Å². The zero-order valence-corrected chi connectivity index (χ0v) is 11.1. The number of halogens is 1. The van der Waals surface area contributed by atoms with Gasteiger partial charge in [-0.25, -0.2) is 0 Å². The molecule has 1 aromatic carbocycles. The first kappa shape index (κ1) is 12.0. The fourth-order valence-corrected chi connectivity index (χ4v) is 3.28. The van der Waals surface area contributed by atoms with Gasteiger partial charge in [0.2, 0.25) is 0 Å². The number of rotatable bonds is 5. The molecule has 0 saturated heterocycles. The quantitative estimate of drug-likeness (QED) is 0.700. The Hall–Kier alpha value is -0.0700. The molecule has 0 aromatic heterocycles. The molecule has 1 nitrogen and oxygen atoms in total. The first-order valence-corrected chi connectivity index (χ1v) is 8.31. The van der Waals surface area contributed by atoms with Crippen LogP contribution in [0.4, 0.5) is 0 Å². The minimum atomic E-state index is -0.477. The SMILES string of the molecule is CC(C)CCP(Br)Oc1ccccc1. The highest BCUT2D eigenvalue weighted by Gasteiger charge is 2.07. The zero-order valence-electron chi connectivity index (χ0n) is 8.61. The topological polar surface area (TPSA) is 9.23 Å². The van der Waals surface area contributed by atoms with Gasteiger partial charge in [-0.3, -0.25) is 0 Å². The minimum Gasteiger partial charge on any atom is -0.463 e. The molecule has 1 aromatic rings. The Morgan fingerprint density at radius 1 is 1.29 bits per heavy atom. The molecule has 0 bridgehead atoms. The Kier molecular flexibility index (Phi) is 5.50. The molecule has 0 saturated carbocycles. The molecular formula is C11H16BrOP. The lowest BCUT2D eigenvalue weighted by Gasteiger charge is -2.12. The van der Waals surface area contributed by atoms with Gasteiger partial charge in [0.05, 0.1) is 0 Å². The number of benzene rings is 1. The van der Waals surface area contributed by atoms with Gasteiger partial charge in [0.15, 0.2) is 6.85 Å². The molecular weight excluding hydrogens is 259 g/mol. The molecule has 3 heteroatoms. The van der Waals surface area contributed by atoms with E-state index in [4.69, 9.17) is 4.52 Å². The molecule has 78 valence electrons.